The topological polar surface area (TPSA) is 54.3 Å². The number of hydrogen-bond acceptors (Lipinski definition) is 3. The molecule has 0 saturated carbocycles. The Morgan fingerprint density at radius 1 is 1.29 bits per heavy atom. The van der Waals surface area contributed by atoms with Crippen LogP contribution in [-0.2, 0) is 11.3 Å². The van der Waals surface area contributed by atoms with Crippen molar-refractivity contribution in [3.05, 3.63) is 65.9 Å². The molecule has 2 aromatic rings. The first-order valence-corrected chi connectivity index (χ1v) is 6.59. The predicted molar refractivity (Wildman–Crippen MR) is 81.7 cm³/mol. The summed E-state index contributed by atoms with van der Waals surface area (Å²) in [6, 6.07) is 9.37. The maximum Gasteiger partial charge on any atom is 0.250 e. The van der Waals surface area contributed by atoms with E-state index in [-0.39, 0.29) is 16.8 Å². The van der Waals surface area contributed by atoms with Crippen LogP contribution in [0.3, 0.4) is 0 Å². The average Bonchev–Trinajstić information content (AvgIpc) is 2.98. The second-order valence-electron chi connectivity index (χ2n) is 4.14. The van der Waals surface area contributed by atoms with Gasteiger partial charge in [-0.15, -0.1) is 0 Å². The molecule has 1 heterocycles. The van der Waals surface area contributed by atoms with Crippen LogP contribution in [0, 0.1) is 5.82 Å². The van der Waals surface area contributed by atoms with Crippen molar-refractivity contribution in [3.63, 3.8) is 0 Å². The maximum absolute atomic E-state index is 12.7. The Bertz CT molecular complexity index is 636. The van der Waals surface area contributed by atoms with Gasteiger partial charge in [0.2, 0.25) is 5.91 Å². The fourth-order valence-electron chi connectivity index (χ4n) is 1.52. The molecule has 108 valence electrons. The van der Waals surface area contributed by atoms with Gasteiger partial charge >= 0.3 is 0 Å². The average molecular weight is 304 g/mol. The first kappa shape index (κ1) is 14.9. The van der Waals surface area contributed by atoms with Gasteiger partial charge in [0.15, 0.2) is 5.11 Å². The Morgan fingerprint density at radius 3 is 2.71 bits per heavy atom. The second kappa shape index (κ2) is 7.35. The number of thiocarbonyl (C=S) groups is 1. The molecule has 0 fully saturated rings. The van der Waals surface area contributed by atoms with E-state index in [4.69, 9.17) is 16.6 Å². The van der Waals surface area contributed by atoms with Crippen LogP contribution in [0.2, 0.25) is 0 Å². The van der Waals surface area contributed by atoms with Gasteiger partial charge in [0.05, 0.1) is 12.8 Å². The summed E-state index contributed by atoms with van der Waals surface area (Å²) in [6.07, 6.45) is 4.46. The highest BCUT2D eigenvalue weighted by Gasteiger charge is 2.01. The van der Waals surface area contributed by atoms with Crippen LogP contribution in [0.4, 0.5) is 4.39 Å². The number of rotatable bonds is 4. The summed E-state index contributed by atoms with van der Waals surface area (Å²) in [7, 11) is 0. The normalized spacial score (nSPS) is 10.5. The lowest BCUT2D eigenvalue weighted by Gasteiger charge is -2.06. The lowest BCUT2D eigenvalue weighted by Crippen LogP contribution is -2.37. The van der Waals surface area contributed by atoms with Crippen LogP contribution in [0.15, 0.2) is 53.2 Å². The number of halogens is 1. The lowest BCUT2D eigenvalue weighted by molar-refractivity contribution is -0.115. The highest BCUT2D eigenvalue weighted by atomic mass is 32.1. The van der Waals surface area contributed by atoms with Crippen molar-refractivity contribution in [1.82, 2.24) is 10.6 Å². The number of amides is 1. The molecule has 1 amide bonds. The van der Waals surface area contributed by atoms with Crippen molar-refractivity contribution in [1.29, 1.82) is 0 Å². The van der Waals surface area contributed by atoms with Gasteiger partial charge in [-0.3, -0.25) is 10.1 Å². The molecule has 2 rings (SSSR count). The third-order valence-electron chi connectivity index (χ3n) is 2.54. The molecule has 0 spiro atoms. The smallest absolute Gasteiger partial charge is 0.250 e. The molecule has 0 radical (unpaired) electrons. The molecule has 2 N–H and O–H groups in total. The zero-order valence-corrected chi connectivity index (χ0v) is 11.8. The minimum Gasteiger partial charge on any atom is -0.467 e. The largest absolute Gasteiger partial charge is 0.467 e. The summed E-state index contributed by atoms with van der Waals surface area (Å²) in [5.41, 5.74) is 0.723. The van der Waals surface area contributed by atoms with E-state index in [0.717, 1.165) is 5.56 Å². The quantitative estimate of drug-likeness (QED) is 0.673. The van der Waals surface area contributed by atoms with Gasteiger partial charge in [-0.2, -0.15) is 0 Å². The molecule has 0 saturated heterocycles. The van der Waals surface area contributed by atoms with Gasteiger partial charge in [-0.25, -0.2) is 4.39 Å². The Balaban J connectivity index is 1.78. The minimum absolute atomic E-state index is 0.208. The highest BCUT2D eigenvalue weighted by molar-refractivity contribution is 7.80. The van der Waals surface area contributed by atoms with E-state index >= 15 is 0 Å². The van der Waals surface area contributed by atoms with Gasteiger partial charge in [-0.1, -0.05) is 12.1 Å². The van der Waals surface area contributed by atoms with Gasteiger partial charge < -0.3 is 9.73 Å². The van der Waals surface area contributed by atoms with E-state index in [1.54, 1.807) is 36.6 Å². The van der Waals surface area contributed by atoms with E-state index in [1.807, 2.05) is 0 Å². The standard InChI is InChI=1S/C15H13FN2O2S/c16-12-6-3-11(4-7-12)5-8-14(19)18-15(21)17-10-13-2-1-9-20-13/h1-9H,10H2,(H2,17,18,19,21). The minimum atomic E-state index is -0.365. The zero-order chi connectivity index (χ0) is 15.1. The van der Waals surface area contributed by atoms with Crippen molar-refractivity contribution < 1.29 is 13.6 Å². The van der Waals surface area contributed by atoms with E-state index in [0.29, 0.717) is 12.3 Å². The van der Waals surface area contributed by atoms with E-state index in [2.05, 4.69) is 10.6 Å². The van der Waals surface area contributed by atoms with Crippen molar-refractivity contribution in [3.8, 4) is 0 Å². The van der Waals surface area contributed by atoms with Crippen LogP contribution < -0.4 is 10.6 Å². The molecule has 1 aromatic heterocycles. The first-order valence-electron chi connectivity index (χ1n) is 6.18. The molecular formula is C15H13FN2O2S. The molecule has 0 atom stereocenters. The number of furan rings is 1. The van der Waals surface area contributed by atoms with Crippen molar-refractivity contribution in [2.75, 3.05) is 0 Å². The van der Waals surface area contributed by atoms with Gasteiger partial charge in [0.25, 0.3) is 0 Å². The molecule has 0 unspecified atom stereocenters. The van der Waals surface area contributed by atoms with Crippen molar-refractivity contribution in [2.45, 2.75) is 6.54 Å². The number of carbonyl (C=O) groups excluding carboxylic acids is 1. The van der Waals surface area contributed by atoms with E-state index < -0.39 is 0 Å². The summed E-state index contributed by atoms with van der Waals surface area (Å²) in [6.45, 7) is 0.397. The van der Waals surface area contributed by atoms with Crippen LogP contribution >= 0.6 is 12.2 Å². The Labute approximate surface area is 126 Å². The molecule has 0 bridgehead atoms. The second-order valence-corrected chi connectivity index (χ2v) is 4.54. The van der Waals surface area contributed by atoms with Gasteiger partial charge in [-0.05, 0) is 48.1 Å². The van der Waals surface area contributed by atoms with Crippen molar-refractivity contribution in [2.24, 2.45) is 0 Å². The Morgan fingerprint density at radius 2 is 2.05 bits per heavy atom. The molecule has 21 heavy (non-hydrogen) atoms. The SMILES string of the molecule is O=C(C=Cc1ccc(F)cc1)NC(=S)NCc1ccco1. The zero-order valence-electron chi connectivity index (χ0n) is 11.0. The highest BCUT2D eigenvalue weighted by Crippen LogP contribution is 2.04. The fourth-order valence-corrected chi connectivity index (χ4v) is 1.70. The molecule has 4 nitrogen and oxygen atoms in total. The van der Waals surface area contributed by atoms with Crippen molar-refractivity contribution >= 4 is 29.3 Å². The molecule has 1 aromatic carbocycles. The molecule has 6 heteroatoms. The monoisotopic (exact) mass is 304 g/mol. The Kier molecular flexibility index (Phi) is 5.22. The summed E-state index contributed by atoms with van der Waals surface area (Å²) >= 11 is 4.98. The third kappa shape index (κ3) is 5.19. The summed E-state index contributed by atoms with van der Waals surface area (Å²) < 4.78 is 17.8. The summed E-state index contributed by atoms with van der Waals surface area (Å²) in [5, 5.41) is 5.56. The van der Waals surface area contributed by atoms with Gasteiger partial charge in [0, 0.05) is 6.08 Å². The number of hydrogen-bond donors (Lipinski definition) is 2. The molecule has 0 aliphatic heterocycles. The first-order chi connectivity index (χ1) is 10.1. The maximum atomic E-state index is 12.7. The lowest BCUT2D eigenvalue weighted by atomic mass is 10.2. The van der Waals surface area contributed by atoms with Crippen LogP contribution in [0.25, 0.3) is 6.08 Å². The number of nitrogens with one attached hydrogen (secondary N) is 2. The molecule has 0 aliphatic carbocycles. The van der Waals surface area contributed by atoms with Crippen LogP contribution in [0.1, 0.15) is 11.3 Å². The fraction of sp³-hybridized carbons (Fsp3) is 0.0667. The Hall–Kier alpha value is -2.47. The molecule has 0 aliphatic rings. The number of carbonyl (C=O) groups is 1. The summed E-state index contributed by atoms with van der Waals surface area (Å²) in [4.78, 5) is 11.6. The molecular weight excluding hydrogens is 291 g/mol. The predicted octanol–water partition coefficient (Wildman–Crippen LogP) is 2.62. The van der Waals surface area contributed by atoms with Gasteiger partial charge in [0.1, 0.15) is 11.6 Å². The summed E-state index contributed by atoms with van der Waals surface area (Å²) in [5.74, 6) is 0.0321. The third-order valence-corrected chi connectivity index (χ3v) is 2.78. The van der Waals surface area contributed by atoms with E-state index in [9.17, 15) is 9.18 Å². The number of benzene rings is 1. The van der Waals surface area contributed by atoms with E-state index in [1.165, 1.54) is 18.2 Å². The van der Waals surface area contributed by atoms with Crippen LogP contribution in [0.5, 0.6) is 0 Å². The van der Waals surface area contributed by atoms with Crippen LogP contribution in [-0.4, -0.2) is 11.0 Å².